The Kier molecular flexibility index (Phi) is 4.78. The normalized spacial score (nSPS) is 26.0. The summed E-state index contributed by atoms with van der Waals surface area (Å²) in [6, 6.07) is 7.82. The lowest BCUT2D eigenvalue weighted by Gasteiger charge is -2.44. The Morgan fingerprint density at radius 1 is 1.19 bits per heavy atom. The van der Waals surface area contributed by atoms with E-state index in [9.17, 15) is 9.59 Å². The number of benzene rings is 1. The minimum Gasteiger partial charge on any atom is -0.351 e. The number of hydrogen-bond donors (Lipinski definition) is 1. The molecule has 0 spiro atoms. The number of rotatable bonds is 4. The van der Waals surface area contributed by atoms with Crippen LogP contribution in [0.5, 0.6) is 0 Å². The third-order valence-corrected chi connectivity index (χ3v) is 6.44. The molecule has 1 heterocycles. The van der Waals surface area contributed by atoms with Gasteiger partial charge in [-0.1, -0.05) is 42.7 Å². The molecule has 1 unspecified atom stereocenters. The number of hydrogen-bond acceptors (Lipinski definition) is 2. The topological polar surface area (TPSA) is 49.4 Å². The van der Waals surface area contributed by atoms with Crippen molar-refractivity contribution in [1.29, 1.82) is 0 Å². The van der Waals surface area contributed by atoms with Gasteiger partial charge in [-0.25, -0.2) is 0 Å². The largest absolute Gasteiger partial charge is 0.351 e. The number of piperidine rings is 1. The number of nitrogens with one attached hydrogen (secondary N) is 1. The second-order valence-electron chi connectivity index (χ2n) is 7.72. The summed E-state index contributed by atoms with van der Waals surface area (Å²) < 4.78 is 0. The minimum absolute atomic E-state index is 0.0618. The van der Waals surface area contributed by atoms with Crippen LogP contribution in [-0.4, -0.2) is 22.8 Å². The molecule has 4 nitrogen and oxygen atoms in total. The van der Waals surface area contributed by atoms with Gasteiger partial charge in [-0.3, -0.25) is 9.59 Å². The fourth-order valence-corrected chi connectivity index (χ4v) is 4.92. The highest BCUT2D eigenvalue weighted by Crippen LogP contribution is 2.50. The fourth-order valence-electron chi connectivity index (χ4n) is 4.80. The Hall–Kier alpha value is -1.81. The molecular weight excluding hydrogens is 348 g/mol. The van der Waals surface area contributed by atoms with Gasteiger partial charge in [-0.05, 0) is 49.8 Å². The molecule has 1 saturated carbocycles. The van der Waals surface area contributed by atoms with Gasteiger partial charge in [-0.15, -0.1) is 0 Å². The van der Waals surface area contributed by atoms with Crippen LogP contribution in [0.1, 0.15) is 56.9 Å². The zero-order chi connectivity index (χ0) is 18.1. The molecule has 5 heteroatoms. The fraction of sp³-hybridized carbons (Fsp3) is 0.524. The van der Waals surface area contributed by atoms with Crippen LogP contribution < -0.4 is 5.32 Å². The Bertz CT molecular complexity index is 737. The van der Waals surface area contributed by atoms with Crippen molar-refractivity contribution in [1.82, 2.24) is 10.2 Å². The number of nitrogens with zero attached hydrogens (tertiary/aromatic N) is 1. The van der Waals surface area contributed by atoms with E-state index in [1.807, 2.05) is 29.2 Å². The predicted molar refractivity (Wildman–Crippen MR) is 101 cm³/mol. The van der Waals surface area contributed by atoms with E-state index in [4.69, 9.17) is 11.6 Å². The first kappa shape index (κ1) is 17.6. The molecular formula is C21H25ClN2O2. The van der Waals surface area contributed by atoms with Crippen LogP contribution >= 0.6 is 11.6 Å². The summed E-state index contributed by atoms with van der Waals surface area (Å²) >= 11 is 5.93. The minimum atomic E-state index is -0.525. The molecule has 2 fully saturated rings. The average Bonchev–Trinajstić information content (AvgIpc) is 3.31. The molecule has 1 N–H and O–H groups in total. The van der Waals surface area contributed by atoms with Crippen molar-refractivity contribution in [2.24, 2.45) is 5.41 Å². The van der Waals surface area contributed by atoms with E-state index in [1.54, 1.807) is 0 Å². The third kappa shape index (κ3) is 3.05. The van der Waals surface area contributed by atoms with Gasteiger partial charge in [0.05, 0.1) is 5.41 Å². The molecule has 1 atom stereocenters. The quantitative estimate of drug-likeness (QED) is 0.861. The lowest BCUT2D eigenvalue weighted by atomic mass is 9.75. The molecule has 4 rings (SSSR count). The van der Waals surface area contributed by atoms with E-state index >= 15 is 0 Å². The van der Waals surface area contributed by atoms with E-state index in [0.29, 0.717) is 24.4 Å². The van der Waals surface area contributed by atoms with Crippen LogP contribution in [0.25, 0.3) is 0 Å². The van der Waals surface area contributed by atoms with E-state index in [2.05, 4.69) is 11.4 Å². The zero-order valence-electron chi connectivity index (χ0n) is 15.0. The molecule has 26 heavy (non-hydrogen) atoms. The highest BCUT2D eigenvalue weighted by molar-refractivity contribution is 6.30. The van der Waals surface area contributed by atoms with Crippen molar-refractivity contribution in [3.8, 4) is 0 Å². The maximum atomic E-state index is 13.2. The second-order valence-corrected chi connectivity index (χ2v) is 8.16. The molecule has 0 bridgehead atoms. The highest BCUT2D eigenvalue weighted by atomic mass is 35.5. The van der Waals surface area contributed by atoms with Crippen LogP contribution in [0.2, 0.25) is 5.02 Å². The van der Waals surface area contributed by atoms with Crippen molar-refractivity contribution >= 4 is 23.4 Å². The first-order valence-electron chi connectivity index (χ1n) is 9.66. The van der Waals surface area contributed by atoms with Crippen molar-refractivity contribution < 1.29 is 9.59 Å². The predicted octanol–water partition coefficient (Wildman–Crippen LogP) is 4.19. The van der Waals surface area contributed by atoms with Crippen molar-refractivity contribution in [2.45, 2.75) is 64.0 Å². The summed E-state index contributed by atoms with van der Waals surface area (Å²) in [6.07, 6.45) is 9.41. The first-order valence-corrected chi connectivity index (χ1v) is 10.0. The van der Waals surface area contributed by atoms with Gasteiger partial charge < -0.3 is 10.2 Å². The van der Waals surface area contributed by atoms with Gasteiger partial charge in [0.1, 0.15) is 0 Å². The summed E-state index contributed by atoms with van der Waals surface area (Å²) in [5.74, 6) is 0.262. The number of amides is 2. The van der Waals surface area contributed by atoms with Crippen LogP contribution in [0.4, 0.5) is 0 Å². The lowest BCUT2D eigenvalue weighted by molar-refractivity contribution is -0.141. The lowest BCUT2D eigenvalue weighted by Crippen LogP contribution is -2.52. The average molecular weight is 373 g/mol. The van der Waals surface area contributed by atoms with Crippen LogP contribution in [0.15, 0.2) is 36.0 Å². The van der Waals surface area contributed by atoms with Crippen molar-refractivity contribution in [2.75, 3.05) is 0 Å². The molecule has 2 amide bonds. The van der Waals surface area contributed by atoms with Gasteiger partial charge in [0.2, 0.25) is 11.8 Å². The number of allylic oxidation sites excluding steroid dienone is 1. The molecule has 2 aliphatic carbocycles. The highest BCUT2D eigenvalue weighted by Gasteiger charge is 2.52. The molecule has 138 valence electrons. The maximum Gasteiger partial charge on any atom is 0.232 e. The van der Waals surface area contributed by atoms with E-state index in [0.717, 1.165) is 36.9 Å². The van der Waals surface area contributed by atoms with Crippen LogP contribution in [0.3, 0.4) is 0 Å². The number of halogens is 1. The molecule has 3 aliphatic rings. The van der Waals surface area contributed by atoms with Gasteiger partial charge in [0.25, 0.3) is 0 Å². The molecule has 0 aromatic heterocycles. The standard InChI is InChI=1S/C21H25ClN2O2/c22-16-9-7-15(8-10-16)14-23-20(26)21-12-3-6-18(21)24(19(25)11-13-21)17-4-1-2-5-17/h6-10,17H,1-5,11-14H2,(H,23,26). The van der Waals surface area contributed by atoms with Gasteiger partial charge in [0, 0.05) is 29.7 Å². The Morgan fingerprint density at radius 3 is 2.65 bits per heavy atom. The van der Waals surface area contributed by atoms with Crippen LogP contribution in [0, 0.1) is 5.41 Å². The summed E-state index contributed by atoms with van der Waals surface area (Å²) in [4.78, 5) is 27.8. The monoisotopic (exact) mass is 372 g/mol. The summed E-state index contributed by atoms with van der Waals surface area (Å²) in [6.45, 7) is 0.488. The summed E-state index contributed by atoms with van der Waals surface area (Å²) in [5, 5.41) is 3.81. The van der Waals surface area contributed by atoms with Crippen LogP contribution in [-0.2, 0) is 16.1 Å². The maximum absolute atomic E-state index is 13.2. The first-order chi connectivity index (χ1) is 12.6. The number of carbonyl (C=O) groups is 2. The molecule has 0 radical (unpaired) electrons. The molecule has 1 aromatic carbocycles. The number of likely N-dealkylation sites (tertiary alicyclic amines) is 1. The second kappa shape index (κ2) is 7.07. The number of fused-ring (bicyclic) bond motifs is 1. The van der Waals surface area contributed by atoms with E-state index in [1.165, 1.54) is 12.8 Å². The van der Waals surface area contributed by atoms with Crippen molar-refractivity contribution in [3.63, 3.8) is 0 Å². The third-order valence-electron chi connectivity index (χ3n) is 6.18. The summed E-state index contributed by atoms with van der Waals surface area (Å²) in [5.41, 5.74) is 1.49. The van der Waals surface area contributed by atoms with Crippen molar-refractivity contribution in [3.05, 3.63) is 46.6 Å². The Labute approximate surface area is 159 Å². The summed E-state index contributed by atoms with van der Waals surface area (Å²) in [7, 11) is 0. The van der Waals surface area contributed by atoms with E-state index in [-0.39, 0.29) is 17.9 Å². The van der Waals surface area contributed by atoms with Gasteiger partial charge in [-0.2, -0.15) is 0 Å². The van der Waals surface area contributed by atoms with Gasteiger partial charge in [0.15, 0.2) is 0 Å². The Balaban J connectivity index is 1.52. The van der Waals surface area contributed by atoms with Gasteiger partial charge >= 0.3 is 0 Å². The zero-order valence-corrected chi connectivity index (χ0v) is 15.7. The molecule has 1 saturated heterocycles. The molecule has 1 aliphatic heterocycles. The number of carbonyl (C=O) groups excluding carboxylic acids is 2. The van der Waals surface area contributed by atoms with E-state index < -0.39 is 5.41 Å². The molecule has 1 aromatic rings. The Morgan fingerprint density at radius 2 is 1.92 bits per heavy atom. The SMILES string of the molecule is O=C1CCC2(C(=O)NCc3ccc(Cl)cc3)CCC=C2N1C1CCCC1. The smallest absolute Gasteiger partial charge is 0.232 e.